The number of benzene rings is 2. The van der Waals surface area contributed by atoms with E-state index in [0.29, 0.717) is 31.9 Å². The molecule has 1 aliphatic heterocycles. The highest BCUT2D eigenvalue weighted by atomic mass is 32.1. The van der Waals surface area contributed by atoms with Gasteiger partial charge < -0.3 is 24.4 Å². The lowest BCUT2D eigenvalue weighted by molar-refractivity contribution is 0.0583. The average molecular weight is 503 g/mol. The van der Waals surface area contributed by atoms with E-state index in [-0.39, 0.29) is 18.0 Å². The van der Waals surface area contributed by atoms with Gasteiger partial charge in [0.25, 0.3) is 5.91 Å². The molecular weight excluding hydrogens is 472 g/mol. The fourth-order valence-electron chi connectivity index (χ4n) is 4.79. The Morgan fingerprint density at radius 2 is 1.92 bits per heavy atom. The average Bonchev–Trinajstić information content (AvgIpc) is 3.46. The van der Waals surface area contributed by atoms with E-state index in [0.717, 1.165) is 32.8 Å². The molecule has 3 amide bonds. The lowest BCUT2D eigenvalue weighted by atomic mass is 10.1. The molecule has 7 nitrogen and oxygen atoms in total. The number of hydrogen-bond donors (Lipinski definition) is 1. The maximum atomic E-state index is 13.7. The number of nitrogens with zero attached hydrogens (tertiary/aromatic N) is 3. The molecule has 3 heterocycles. The van der Waals surface area contributed by atoms with Crippen LogP contribution < -0.4 is 10.1 Å². The molecule has 0 radical (unpaired) electrons. The van der Waals surface area contributed by atoms with E-state index < -0.39 is 0 Å². The Labute approximate surface area is 214 Å². The molecule has 0 bridgehead atoms. The summed E-state index contributed by atoms with van der Waals surface area (Å²) in [6, 6.07) is 19.5. The van der Waals surface area contributed by atoms with Crippen molar-refractivity contribution in [2.45, 2.75) is 26.4 Å². The van der Waals surface area contributed by atoms with E-state index in [9.17, 15) is 9.59 Å². The first-order valence-corrected chi connectivity index (χ1v) is 12.9. The van der Waals surface area contributed by atoms with Crippen LogP contribution in [0.15, 0.2) is 66.0 Å². The fourth-order valence-corrected chi connectivity index (χ4v) is 5.68. The number of hydrogen-bond acceptors (Lipinski definition) is 4. The van der Waals surface area contributed by atoms with Crippen LogP contribution in [-0.2, 0) is 6.54 Å². The van der Waals surface area contributed by atoms with Crippen molar-refractivity contribution in [3.8, 4) is 5.75 Å². The lowest BCUT2D eigenvalue weighted by Gasteiger charge is -2.39. The van der Waals surface area contributed by atoms with Gasteiger partial charge in [0.2, 0.25) is 0 Å². The third kappa shape index (κ3) is 4.81. The van der Waals surface area contributed by atoms with Crippen molar-refractivity contribution in [1.29, 1.82) is 0 Å². The summed E-state index contributed by atoms with van der Waals surface area (Å²) in [6.45, 7) is 6.02. The van der Waals surface area contributed by atoms with Gasteiger partial charge >= 0.3 is 6.03 Å². The second-order valence-electron chi connectivity index (χ2n) is 9.24. The molecule has 1 N–H and O–H groups in total. The van der Waals surface area contributed by atoms with Gasteiger partial charge in [-0.1, -0.05) is 24.3 Å². The van der Waals surface area contributed by atoms with Crippen molar-refractivity contribution in [3.05, 3.63) is 82.9 Å². The van der Waals surface area contributed by atoms with E-state index in [1.54, 1.807) is 23.3 Å². The predicted octanol–water partition coefficient (Wildman–Crippen LogP) is 5.45. The first kappa shape index (κ1) is 23.9. The Morgan fingerprint density at radius 1 is 1.08 bits per heavy atom. The molecular formula is C28H30N4O3S. The topological polar surface area (TPSA) is 66.8 Å². The van der Waals surface area contributed by atoms with Gasteiger partial charge in [-0.05, 0) is 66.8 Å². The number of thiophene rings is 1. The second-order valence-corrected chi connectivity index (χ2v) is 10.1. The largest absolute Gasteiger partial charge is 0.497 e. The summed E-state index contributed by atoms with van der Waals surface area (Å²) in [5.41, 5.74) is 3.61. The van der Waals surface area contributed by atoms with Crippen molar-refractivity contribution in [1.82, 2.24) is 14.4 Å². The van der Waals surface area contributed by atoms with Crippen LogP contribution in [0.5, 0.6) is 5.75 Å². The molecule has 1 atom stereocenters. The number of ether oxygens (including phenoxy) is 1. The van der Waals surface area contributed by atoms with Crippen molar-refractivity contribution in [2.75, 3.05) is 32.1 Å². The third-order valence-corrected chi connectivity index (χ3v) is 7.59. The summed E-state index contributed by atoms with van der Waals surface area (Å²) >= 11 is 1.63. The number of fused-ring (bicyclic) bond motifs is 1. The minimum atomic E-state index is -0.137. The van der Waals surface area contributed by atoms with Gasteiger partial charge in [0.15, 0.2) is 0 Å². The maximum absolute atomic E-state index is 13.7. The van der Waals surface area contributed by atoms with Gasteiger partial charge in [-0.3, -0.25) is 4.79 Å². The number of anilines is 1. The van der Waals surface area contributed by atoms with Crippen LogP contribution in [0.4, 0.5) is 10.5 Å². The molecule has 0 spiro atoms. The second kappa shape index (κ2) is 10.1. The highest BCUT2D eigenvalue weighted by Gasteiger charge is 2.32. The van der Waals surface area contributed by atoms with Gasteiger partial charge in [-0.25, -0.2) is 4.79 Å². The molecule has 2 aromatic carbocycles. The zero-order valence-corrected chi connectivity index (χ0v) is 21.5. The van der Waals surface area contributed by atoms with Crippen LogP contribution in [0, 0.1) is 6.92 Å². The zero-order valence-electron chi connectivity index (χ0n) is 20.7. The Hall–Kier alpha value is -3.78. The van der Waals surface area contributed by atoms with Crippen LogP contribution in [0.2, 0.25) is 0 Å². The van der Waals surface area contributed by atoms with E-state index in [1.165, 1.54) is 0 Å². The summed E-state index contributed by atoms with van der Waals surface area (Å²) in [4.78, 5) is 31.4. The summed E-state index contributed by atoms with van der Waals surface area (Å²) in [6.07, 6.45) is 0. The minimum absolute atomic E-state index is 0.00751. The van der Waals surface area contributed by atoms with Crippen LogP contribution in [0.1, 0.15) is 28.5 Å². The normalized spacial score (nSPS) is 15.8. The maximum Gasteiger partial charge on any atom is 0.322 e. The molecule has 8 heteroatoms. The standard InChI is InChI=1S/C28H30N4O3S/c1-19-6-4-8-23(14-19)29-28(34)31-12-11-30(17-20(31)2)26(33)25-16-22-10-13-36-27(22)32(25)18-21-7-5-9-24(15-21)35-3/h4-10,13-16,20H,11-12,17-18H2,1-3H3,(H,29,34)/t20-/m1/s1. The lowest BCUT2D eigenvalue weighted by Crippen LogP contribution is -2.56. The molecule has 0 aliphatic carbocycles. The van der Waals surface area contributed by atoms with E-state index in [2.05, 4.69) is 21.3 Å². The van der Waals surface area contributed by atoms with E-state index >= 15 is 0 Å². The number of aryl methyl sites for hydroxylation is 1. The monoisotopic (exact) mass is 502 g/mol. The number of carbonyl (C=O) groups is 2. The first-order chi connectivity index (χ1) is 17.4. The predicted molar refractivity (Wildman–Crippen MR) is 144 cm³/mol. The van der Waals surface area contributed by atoms with Crippen LogP contribution >= 0.6 is 11.3 Å². The number of aromatic nitrogens is 1. The number of piperazine rings is 1. The van der Waals surface area contributed by atoms with Crippen molar-refractivity contribution < 1.29 is 14.3 Å². The number of methoxy groups -OCH3 is 1. The SMILES string of the molecule is COc1cccc(Cn2c(C(=O)N3CCN(C(=O)Nc4cccc(C)c4)[C@H](C)C3)cc3ccsc32)c1. The smallest absolute Gasteiger partial charge is 0.322 e. The number of nitrogens with one attached hydrogen (secondary N) is 1. The number of amides is 3. The molecule has 5 rings (SSSR count). The van der Waals surface area contributed by atoms with Crippen molar-refractivity contribution in [2.24, 2.45) is 0 Å². The van der Waals surface area contributed by atoms with Crippen LogP contribution in [-0.4, -0.2) is 59.1 Å². The van der Waals surface area contributed by atoms with Gasteiger partial charge in [-0.2, -0.15) is 0 Å². The molecule has 0 unspecified atom stereocenters. The first-order valence-electron chi connectivity index (χ1n) is 12.1. The molecule has 2 aromatic heterocycles. The van der Waals surface area contributed by atoms with Gasteiger partial charge in [0.1, 0.15) is 16.3 Å². The molecule has 36 heavy (non-hydrogen) atoms. The fraction of sp³-hybridized carbons (Fsp3) is 0.286. The molecule has 0 saturated carbocycles. The van der Waals surface area contributed by atoms with E-state index in [1.807, 2.05) is 73.3 Å². The molecule has 1 fully saturated rings. The number of carbonyl (C=O) groups excluding carboxylic acids is 2. The quantitative estimate of drug-likeness (QED) is 0.395. The van der Waals surface area contributed by atoms with Gasteiger partial charge in [0, 0.05) is 43.3 Å². The highest BCUT2D eigenvalue weighted by molar-refractivity contribution is 7.16. The summed E-state index contributed by atoms with van der Waals surface area (Å²) in [5.74, 6) is 0.788. The van der Waals surface area contributed by atoms with E-state index in [4.69, 9.17) is 4.74 Å². The summed E-state index contributed by atoms with van der Waals surface area (Å²) < 4.78 is 7.48. The van der Waals surface area contributed by atoms with Crippen LogP contribution in [0.3, 0.4) is 0 Å². The summed E-state index contributed by atoms with van der Waals surface area (Å²) in [5, 5.41) is 6.10. The number of rotatable bonds is 5. The van der Waals surface area contributed by atoms with Crippen molar-refractivity contribution in [3.63, 3.8) is 0 Å². The highest BCUT2D eigenvalue weighted by Crippen LogP contribution is 2.28. The van der Waals surface area contributed by atoms with Crippen molar-refractivity contribution >= 4 is 39.2 Å². The van der Waals surface area contributed by atoms with Gasteiger partial charge in [-0.15, -0.1) is 11.3 Å². The molecule has 1 aliphatic rings. The number of urea groups is 1. The molecule has 186 valence electrons. The zero-order chi connectivity index (χ0) is 25.2. The molecule has 1 saturated heterocycles. The molecule has 4 aromatic rings. The Balaban J connectivity index is 1.32. The minimum Gasteiger partial charge on any atom is -0.497 e. The Morgan fingerprint density at radius 3 is 2.69 bits per heavy atom. The third-order valence-electron chi connectivity index (χ3n) is 6.64. The van der Waals surface area contributed by atoms with Gasteiger partial charge in [0.05, 0.1) is 7.11 Å². The Kier molecular flexibility index (Phi) is 6.69. The Bertz CT molecular complexity index is 1410. The van der Waals surface area contributed by atoms with Crippen LogP contribution in [0.25, 0.3) is 10.2 Å². The summed E-state index contributed by atoms with van der Waals surface area (Å²) in [7, 11) is 1.66.